The Kier molecular flexibility index (Phi) is 1.92. The van der Waals surface area contributed by atoms with Gasteiger partial charge in [-0.15, -0.1) is 0 Å². The number of hydrogen-bond acceptors (Lipinski definition) is 0. The van der Waals surface area contributed by atoms with Crippen molar-refractivity contribution in [2.75, 3.05) is 0 Å². The van der Waals surface area contributed by atoms with Gasteiger partial charge in [-0.25, -0.2) is 0 Å². The van der Waals surface area contributed by atoms with Crippen LogP contribution in [0.1, 0.15) is 49.1 Å². The van der Waals surface area contributed by atoms with E-state index in [1.807, 2.05) is 0 Å². The van der Waals surface area contributed by atoms with Crippen molar-refractivity contribution in [2.45, 2.75) is 46.4 Å². The standard InChI is InChI=1S/C10H20/c1-8(2)10-6-4-9(3)5-7-10/h8-10H,4-7H2,1-3H3/t9?,10-/i6D2/m1/s1. The minimum absolute atomic E-state index is 0.286. The molecule has 0 N–H and O–H groups in total. The quantitative estimate of drug-likeness (QED) is 0.526. The molecule has 0 spiro atoms. The number of rotatable bonds is 1. The lowest BCUT2D eigenvalue weighted by molar-refractivity contribution is 0.234. The summed E-state index contributed by atoms with van der Waals surface area (Å²) in [5.74, 6) is 1.36. The summed E-state index contributed by atoms with van der Waals surface area (Å²) in [4.78, 5) is 0. The van der Waals surface area contributed by atoms with Gasteiger partial charge < -0.3 is 0 Å². The van der Waals surface area contributed by atoms with Gasteiger partial charge >= 0.3 is 0 Å². The lowest BCUT2D eigenvalue weighted by atomic mass is 9.78. The SMILES string of the molecule is [2H]C1([2H])CC(C)CC[C@@H]1C(C)C. The molecule has 0 aliphatic heterocycles. The zero-order valence-electron chi connectivity index (χ0n) is 9.35. The lowest BCUT2D eigenvalue weighted by Gasteiger charge is -2.28. The summed E-state index contributed by atoms with van der Waals surface area (Å²) < 4.78 is 15.8. The lowest BCUT2D eigenvalue weighted by Crippen LogP contribution is -2.16. The third kappa shape index (κ3) is 2.00. The zero-order valence-corrected chi connectivity index (χ0v) is 7.35. The Hall–Kier alpha value is 0. The highest BCUT2D eigenvalue weighted by molar-refractivity contribution is 4.71. The van der Waals surface area contributed by atoms with Crippen LogP contribution in [0.15, 0.2) is 0 Å². The molecule has 1 rings (SSSR count). The van der Waals surface area contributed by atoms with Gasteiger partial charge in [0.05, 0.1) is 0 Å². The molecule has 0 heterocycles. The Bertz CT molecular complexity index is 152. The molecule has 0 nitrogen and oxygen atoms in total. The predicted molar refractivity (Wildman–Crippen MR) is 46.0 cm³/mol. The van der Waals surface area contributed by atoms with E-state index in [0.29, 0.717) is 11.8 Å². The van der Waals surface area contributed by atoms with Gasteiger partial charge in [-0.1, -0.05) is 33.6 Å². The number of hydrogen-bond donors (Lipinski definition) is 0. The molecule has 0 amide bonds. The normalized spacial score (nSPS) is 42.8. The topological polar surface area (TPSA) is 0 Å². The minimum Gasteiger partial charge on any atom is -0.0625 e. The summed E-state index contributed by atoms with van der Waals surface area (Å²) in [7, 11) is 0. The maximum Gasteiger partial charge on any atom is 0.0270 e. The molecule has 1 unspecified atom stereocenters. The Morgan fingerprint density at radius 2 is 2.00 bits per heavy atom. The third-order valence-corrected chi connectivity index (χ3v) is 2.50. The van der Waals surface area contributed by atoms with Crippen LogP contribution >= 0.6 is 0 Å². The van der Waals surface area contributed by atoms with E-state index < -0.39 is 6.37 Å². The summed E-state index contributed by atoms with van der Waals surface area (Å²) in [6.45, 7) is 6.44. The van der Waals surface area contributed by atoms with Gasteiger partial charge in [-0.3, -0.25) is 0 Å². The summed E-state index contributed by atoms with van der Waals surface area (Å²) >= 11 is 0. The molecule has 0 saturated heterocycles. The van der Waals surface area contributed by atoms with Crippen LogP contribution in [0, 0.1) is 17.8 Å². The monoisotopic (exact) mass is 142 g/mol. The van der Waals surface area contributed by atoms with Crippen molar-refractivity contribution in [2.24, 2.45) is 17.8 Å². The fourth-order valence-corrected chi connectivity index (χ4v) is 1.59. The first-order valence-electron chi connectivity index (χ1n) is 5.43. The van der Waals surface area contributed by atoms with Crippen LogP contribution in [0.3, 0.4) is 0 Å². The molecule has 1 fully saturated rings. The highest BCUT2D eigenvalue weighted by atomic mass is 14.3. The van der Waals surface area contributed by atoms with Crippen molar-refractivity contribution in [1.29, 1.82) is 0 Å². The highest BCUT2D eigenvalue weighted by Crippen LogP contribution is 2.32. The van der Waals surface area contributed by atoms with Crippen molar-refractivity contribution in [1.82, 2.24) is 0 Å². The average molecular weight is 142 g/mol. The van der Waals surface area contributed by atoms with E-state index in [2.05, 4.69) is 20.8 Å². The summed E-state index contributed by atoms with van der Waals surface area (Å²) in [5, 5.41) is 0. The second kappa shape index (κ2) is 3.41. The molecule has 0 aromatic heterocycles. The highest BCUT2D eigenvalue weighted by Gasteiger charge is 2.19. The predicted octanol–water partition coefficient (Wildman–Crippen LogP) is 3.47. The van der Waals surface area contributed by atoms with Crippen LogP contribution in [-0.4, -0.2) is 0 Å². The largest absolute Gasteiger partial charge is 0.0625 e. The Labute approximate surface area is 67.8 Å². The Morgan fingerprint density at radius 3 is 2.50 bits per heavy atom. The zero-order chi connectivity index (χ0) is 9.35. The van der Waals surface area contributed by atoms with E-state index in [1.165, 1.54) is 6.42 Å². The van der Waals surface area contributed by atoms with Crippen molar-refractivity contribution in [3.8, 4) is 0 Å². The summed E-state index contributed by atoms with van der Waals surface area (Å²) in [5.41, 5.74) is 0. The van der Waals surface area contributed by atoms with Gasteiger partial charge in [0.25, 0.3) is 0 Å². The fourth-order valence-electron chi connectivity index (χ4n) is 1.59. The van der Waals surface area contributed by atoms with Crippen molar-refractivity contribution < 1.29 is 2.74 Å². The fraction of sp³-hybridized carbons (Fsp3) is 1.00. The first-order chi connectivity index (χ1) is 5.43. The molecule has 1 saturated carbocycles. The molecule has 10 heavy (non-hydrogen) atoms. The van der Waals surface area contributed by atoms with E-state index in [-0.39, 0.29) is 5.92 Å². The average Bonchev–Trinajstić information content (AvgIpc) is 1.82. The van der Waals surface area contributed by atoms with E-state index >= 15 is 0 Å². The molecule has 0 bridgehead atoms. The maximum absolute atomic E-state index is 7.91. The maximum atomic E-state index is 7.91. The second-order valence-corrected chi connectivity index (χ2v) is 3.94. The van der Waals surface area contributed by atoms with Crippen LogP contribution in [-0.2, 0) is 0 Å². The van der Waals surface area contributed by atoms with E-state index in [9.17, 15) is 0 Å². The molecule has 1 aliphatic carbocycles. The van der Waals surface area contributed by atoms with Crippen LogP contribution in [0.2, 0.25) is 0 Å². The first-order valence-corrected chi connectivity index (χ1v) is 4.43. The molecule has 0 radical (unpaired) electrons. The molecule has 0 heteroatoms. The summed E-state index contributed by atoms with van der Waals surface area (Å²) in [6, 6.07) is 0. The van der Waals surface area contributed by atoms with Crippen molar-refractivity contribution in [3.05, 3.63) is 0 Å². The molecular weight excluding hydrogens is 120 g/mol. The van der Waals surface area contributed by atoms with Crippen LogP contribution in [0.5, 0.6) is 0 Å². The molecule has 1 aliphatic rings. The van der Waals surface area contributed by atoms with Gasteiger partial charge in [0.1, 0.15) is 0 Å². The molecule has 60 valence electrons. The molecular formula is C10H20. The van der Waals surface area contributed by atoms with Gasteiger partial charge in [0.15, 0.2) is 0 Å². The third-order valence-electron chi connectivity index (χ3n) is 2.50. The van der Waals surface area contributed by atoms with Crippen molar-refractivity contribution >= 4 is 0 Å². The van der Waals surface area contributed by atoms with E-state index in [4.69, 9.17) is 2.74 Å². The van der Waals surface area contributed by atoms with E-state index in [0.717, 1.165) is 12.8 Å². The Balaban J connectivity index is 2.64. The van der Waals surface area contributed by atoms with Crippen LogP contribution in [0.4, 0.5) is 0 Å². The Morgan fingerprint density at radius 1 is 1.30 bits per heavy atom. The van der Waals surface area contributed by atoms with Crippen molar-refractivity contribution in [3.63, 3.8) is 0 Å². The van der Waals surface area contributed by atoms with Gasteiger partial charge in [-0.2, -0.15) is 0 Å². The molecule has 2 atom stereocenters. The van der Waals surface area contributed by atoms with Crippen LogP contribution < -0.4 is 0 Å². The van der Waals surface area contributed by atoms with E-state index in [1.54, 1.807) is 0 Å². The van der Waals surface area contributed by atoms with Crippen LogP contribution in [0.25, 0.3) is 0 Å². The molecule has 0 aromatic rings. The first kappa shape index (κ1) is 5.62. The smallest absolute Gasteiger partial charge is 0.0270 e. The molecule has 0 aromatic carbocycles. The van der Waals surface area contributed by atoms with Gasteiger partial charge in [-0.05, 0) is 30.5 Å². The van der Waals surface area contributed by atoms with Gasteiger partial charge in [0, 0.05) is 2.74 Å². The minimum atomic E-state index is -0.911. The van der Waals surface area contributed by atoms with Gasteiger partial charge in [0.2, 0.25) is 0 Å². The second-order valence-electron chi connectivity index (χ2n) is 3.94. The summed E-state index contributed by atoms with van der Waals surface area (Å²) in [6.07, 6.45) is 2.13.